The third kappa shape index (κ3) is 5.37. The van der Waals surface area contributed by atoms with Gasteiger partial charge in [0.15, 0.2) is 0 Å². The number of hydrogen-bond donors (Lipinski definition) is 4. The summed E-state index contributed by atoms with van der Waals surface area (Å²) in [5.74, 6) is -1.87. The van der Waals surface area contributed by atoms with Crippen molar-refractivity contribution in [2.75, 3.05) is 12.3 Å². The molecular weight excluding hydrogens is 260 g/mol. The van der Waals surface area contributed by atoms with Crippen LogP contribution < -0.4 is 5.73 Å². The molecule has 0 aromatic rings. The molecule has 7 nitrogen and oxygen atoms in total. The topological polar surface area (TPSA) is 121 Å². The number of nitrogens with zero attached hydrogens (tertiary/aromatic N) is 1. The van der Waals surface area contributed by atoms with Gasteiger partial charge < -0.3 is 20.8 Å². The predicted molar refractivity (Wildman–Crippen MR) is 67.5 cm³/mol. The standard InChI is InChI=1S/C8H14N2O3S.C2H4O2/c9-5(4-14)7(11)10-3-1-2-6(10)8(12)13;1-2(3)4/h5-6,14H,1-4,9H2,(H,12,13);1H3,(H,3,4)/t5-,6-;/m0./s1. The smallest absolute Gasteiger partial charge is 0.326 e. The Morgan fingerprint density at radius 3 is 2.33 bits per heavy atom. The molecule has 4 N–H and O–H groups in total. The highest BCUT2D eigenvalue weighted by atomic mass is 32.1. The molecule has 1 rings (SSSR count). The van der Waals surface area contributed by atoms with E-state index >= 15 is 0 Å². The van der Waals surface area contributed by atoms with Gasteiger partial charge in [0.05, 0.1) is 6.04 Å². The highest BCUT2D eigenvalue weighted by Gasteiger charge is 2.35. The predicted octanol–water partition coefficient (Wildman–Crippen LogP) is -0.590. The molecule has 1 aliphatic rings. The van der Waals surface area contributed by atoms with Crippen LogP contribution in [0.15, 0.2) is 0 Å². The van der Waals surface area contributed by atoms with Gasteiger partial charge in [-0.15, -0.1) is 0 Å². The first-order valence-corrected chi connectivity index (χ1v) is 6.03. The molecule has 0 spiro atoms. The highest BCUT2D eigenvalue weighted by molar-refractivity contribution is 7.80. The van der Waals surface area contributed by atoms with E-state index in [1.54, 1.807) is 0 Å². The molecular formula is C10H18N2O5S. The van der Waals surface area contributed by atoms with Crippen molar-refractivity contribution in [2.24, 2.45) is 5.73 Å². The molecule has 2 atom stereocenters. The van der Waals surface area contributed by atoms with Crippen LogP contribution >= 0.6 is 12.6 Å². The summed E-state index contributed by atoms with van der Waals surface area (Å²) in [4.78, 5) is 32.7. The third-order valence-electron chi connectivity index (χ3n) is 2.33. The van der Waals surface area contributed by atoms with E-state index in [-0.39, 0.29) is 11.7 Å². The van der Waals surface area contributed by atoms with Gasteiger partial charge in [0.25, 0.3) is 5.97 Å². The highest BCUT2D eigenvalue weighted by Crippen LogP contribution is 2.18. The molecule has 1 amide bonds. The number of likely N-dealkylation sites (tertiary alicyclic amines) is 1. The number of thiol groups is 1. The summed E-state index contributed by atoms with van der Waals surface area (Å²) in [7, 11) is 0. The van der Waals surface area contributed by atoms with Gasteiger partial charge in [0.2, 0.25) is 5.91 Å². The van der Waals surface area contributed by atoms with Gasteiger partial charge in [-0.05, 0) is 12.8 Å². The molecule has 0 bridgehead atoms. The summed E-state index contributed by atoms with van der Waals surface area (Å²) >= 11 is 3.91. The fourth-order valence-corrected chi connectivity index (χ4v) is 1.73. The summed E-state index contributed by atoms with van der Waals surface area (Å²) < 4.78 is 0. The minimum atomic E-state index is -0.956. The van der Waals surface area contributed by atoms with Gasteiger partial charge in [-0.25, -0.2) is 4.79 Å². The Morgan fingerprint density at radius 2 is 1.94 bits per heavy atom. The molecule has 8 heteroatoms. The number of amides is 1. The Hall–Kier alpha value is -1.28. The number of aliphatic carboxylic acids is 2. The van der Waals surface area contributed by atoms with Crippen LogP contribution in [0.5, 0.6) is 0 Å². The number of carbonyl (C=O) groups excluding carboxylic acids is 1. The van der Waals surface area contributed by atoms with Gasteiger partial charge in [-0.1, -0.05) is 0 Å². The number of carboxylic acids is 2. The van der Waals surface area contributed by atoms with Crippen LogP contribution in [0.25, 0.3) is 0 Å². The van der Waals surface area contributed by atoms with Crippen LogP contribution in [0.2, 0.25) is 0 Å². The van der Waals surface area contributed by atoms with E-state index < -0.39 is 24.0 Å². The number of hydrogen-bond acceptors (Lipinski definition) is 5. The molecule has 0 aromatic carbocycles. The summed E-state index contributed by atoms with van der Waals surface area (Å²) in [6.07, 6.45) is 1.24. The maximum atomic E-state index is 11.6. The molecule has 1 fully saturated rings. The van der Waals surface area contributed by atoms with Gasteiger partial charge >= 0.3 is 5.97 Å². The summed E-state index contributed by atoms with van der Waals surface area (Å²) in [6.45, 7) is 1.57. The Kier molecular flexibility index (Phi) is 7.37. The Morgan fingerprint density at radius 1 is 1.44 bits per heavy atom. The van der Waals surface area contributed by atoms with E-state index in [0.29, 0.717) is 13.0 Å². The van der Waals surface area contributed by atoms with Gasteiger partial charge in [0, 0.05) is 19.2 Å². The monoisotopic (exact) mass is 278 g/mol. The molecule has 1 saturated heterocycles. The molecule has 18 heavy (non-hydrogen) atoms. The van der Waals surface area contributed by atoms with Gasteiger partial charge in [-0.2, -0.15) is 12.6 Å². The lowest BCUT2D eigenvalue weighted by molar-refractivity contribution is -0.148. The molecule has 104 valence electrons. The molecule has 1 aliphatic heterocycles. The van der Waals surface area contributed by atoms with Crippen molar-refractivity contribution in [2.45, 2.75) is 31.8 Å². The Balaban J connectivity index is 0.000000631. The zero-order valence-corrected chi connectivity index (χ0v) is 11.0. The summed E-state index contributed by atoms with van der Waals surface area (Å²) in [5.41, 5.74) is 5.50. The number of carboxylic acid groups (broad SMARTS) is 2. The van der Waals surface area contributed by atoms with Crippen LogP contribution in [0, 0.1) is 0 Å². The lowest BCUT2D eigenvalue weighted by Crippen LogP contribution is -2.49. The normalized spacial score (nSPS) is 19.7. The Labute approximate surface area is 110 Å². The molecule has 1 heterocycles. The van der Waals surface area contributed by atoms with E-state index in [0.717, 1.165) is 13.3 Å². The minimum absolute atomic E-state index is 0.238. The largest absolute Gasteiger partial charge is 0.481 e. The summed E-state index contributed by atoms with van der Waals surface area (Å²) in [6, 6.07) is -1.40. The number of carbonyl (C=O) groups is 3. The van der Waals surface area contributed by atoms with Crippen molar-refractivity contribution in [3.8, 4) is 0 Å². The lowest BCUT2D eigenvalue weighted by Gasteiger charge is -2.23. The molecule has 0 unspecified atom stereocenters. The lowest BCUT2D eigenvalue weighted by atomic mass is 10.2. The SMILES string of the molecule is CC(=O)O.N[C@@H](CS)C(=O)N1CCC[C@H]1C(=O)O. The van der Waals surface area contributed by atoms with Crippen LogP contribution in [-0.2, 0) is 14.4 Å². The second kappa shape index (κ2) is 7.93. The first-order valence-electron chi connectivity index (χ1n) is 5.40. The van der Waals surface area contributed by atoms with E-state index in [1.165, 1.54) is 4.90 Å². The zero-order chi connectivity index (χ0) is 14.3. The fourth-order valence-electron chi connectivity index (χ4n) is 1.58. The van der Waals surface area contributed by atoms with Crippen molar-refractivity contribution in [1.29, 1.82) is 0 Å². The third-order valence-corrected chi connectivity index (χ3v) is 2.73. The van der Waals surface area contributed by atoms with Crippen molar-refractivity contribution >= 4 is 30.5 Å². The van der Waals surface area contributed by atoms with Crippen LogP contribution in [0.4, 0.5) is 0 Å². The Bertz CT molecular complexity index is 319. The van der Waals surface area contributed by atoms with Crippen LogP contribution in [0.3, 0.4) is 0 Å². The average Bonchev–Trinajstić information content (AvgIpc) is 2.75. The maximum Gasteiger partial charge on any atom is 0.326 e. The van der Waals surface area contributed by atoms with E-state index in [4.69, 9.17) is 20.7 Å². The minimum Gasteiger partial charge on any atom is -0.481 e. The quantitative estimate of drug-likeness (QED) is 0.512. The summed E-state index contributed by atoms with van der Waals surface area (Å²) in [5, 5.41) is 16.2. The molecule has 0 radical (unpaired) electrons. The maximum absolute atomic E-state index is 11.6. The first-order chi connectivity index (χ1) is 8.31. The van der Waals surface area contributed by atoms with Gasteiger partial charge in [0.1, 0.15) is 6.04 Å². The average molecular weight is 278 g/mol. The van der Waals surface area contributed by atoms with Crippen LogP contribution in [-0.4, -0.2) is 57.3 Å². The van der Waals surface area contributed by atoms with E-state index in [9.17, 15) is 9.59 Å². The first kappa shape index (κ1) is 16.7. The fraction of sp³-hybridized carbons (Fsp3) is 0.700. The van der Waals surface area contributed by atoms with Crippen molar-refractivity contribution in [1.82, 2.24) is 4.90 Å². The second-order valence-corrected chi connectivity index (χ2v) is 4.20. The van der Waals surface area contributed by atoms with Crippen molar-refractivity contribution in [3.05, 3.63) is 0 Å². The van der Waals surface area contributed by atoms with E-state index in [2.05, 4.69) is 12.6 Å². The molecule has 0 aliphatic carbocycles. The number of rotatable bonds is 3. The van der Waals surface area contributed by atoms with E-state index in [1.807, 2.05) is 0 Å². The zero-order valence-electron chi connectivity index (χ0n) is 10.1. The van der Waals surface area contributed by atoms with Crippen molar-refractivity contribution < 1.29 is 24.6 Å². The van der Waals surface area contributed by atoms with Crippen LogP contribution in [0.1, 0.15) is 19.8 Å². The van der Waals surface area contributed by atoms with Crippen molar-refractivity contribution in [3.63, 3.8) is 0 Å². The molecule has 0 aromatic heterocycles. The van der Waals surface area contributed by atoms with Gasteiger partial charge in [-0.3, -0.25) is 9.59 Å². The molecule has 0 saturated carbocycles. The second-order valence-electron chi connectivity index (χ2n) is 3.84. The number of nitrogens with two attached hydrogens (primary N) is 1.